The van der Waals surface area contributed by atoms with E-state index < -0.39 is 0 Å². The summed E-state index contributed by atoms with van der Waals surface area (Å²) in [5, 5.41) is 0. The number of hydrogen-bond acceptors (Lipinski definition) is 2. The Morgan fingerprint density at radius 2 is 2.06 bits per heavy atom. The molecule has 0 spiro atoms. The number of nitrogens with zero attached hydrogens (tertiary/aromatic N) is 2. The zero-order chi connectivity index (χ0) is 11.4. The summed E-state index contributed by atoms with van der Waals surface area (Å²) in [5.41, 5.74) is 1.40. The second-order valence-electron chi connectivity index (χ2n) is 4.94. The van der Waals surface area contributed by atoms with Gasteiger partial charge in [0.15, 0.2) is 0 Å². The Morgan fingerprint density at radius 3 is 2.56 bits per heavy atom. The molecule has 1 fully saturated rings. The number of hydrogen-bond donors (Lipinski definition) is 0. The fourth-order valence-corrected chi connectivity index (χ4v) is 2.60. The molecule has 2 nitrogen and oxygen atoms in total. The van der Waals surface area contributed by atoms with Gasteiger partial charge in [0, 0.05) is 25.0 Å². The average Bonchev–Trinajstić information content (AvgIpc) is 2.26. The summed E-state index contributed by atoms with van der Waals surface area (Å²) >= 11 is 0. The molecule has 0 aromatic carbocycles. The van der Waals surface area contributed by atoms with Gasteiger partial charge in [-0.15, -0.1) is 0 Å². The average molecular weight is 218 g/mol. The van der Waals surface area contributed by atoms with Crippen molar-refractivity contribution in [1.82, 2.24) is 9.88 Å². The Balaban J connectivity index is 1.98. The molecule has 0 saturated heterocycles. The molecular formula is C14H22N2. The van der Waals surface area contributed by atoms with E-state index in [9.17, 15) is 0 Å². The lowest BCUT2D eigenvalue weighted by atomic mass is 9.84. The van der Waals surface area contributed by atoms with Gasteiger partial charge in [0.25, 0.3) is 0 Å². The van der Waals surface area contributed by atoms with E-state index >= 15 is 0 Å². The zero-order valence-electron chi connectivity index (χ0n) is 10.4. The highest BCUT2D eigenvalue weighted by Crippen LogP contribution is 2.30. The topological polar surface area (TPSA) is 16.1 Å². The van der Waals surface area contributed by atoms with E-state index in [0.29, 0.717) is 6.04 Å². The highest BCUT2D eigenvalue weighted by Gasteiger charge is 2.22. The molecule has 2 rings (SSSR count). The van der Waals surface area contributed by atoms with Crippen LogP contribution in [0.5, 0.6) is 0 Å². The molecular weight excluding hydrogens is 196 g/mol. The van der Waals surface area contributed by atoms with Crippen molar-refractivity contribution >= 4 is 0 Å². The third-order valence-electron chi connectivity index (χ3n) is 3.78. The molecule has 0 bridgehead atoms. The van der Waals surface area contributed by atoms with Crippen molar-refractivity contribution in [1.29, 1.82) is 0 Å². The van der Waals surface area contributed by atoms with Crippen molar-refractivity contribution in [2.75, 3.05) is 13.6 Å². The molecule has 1 aliphatic rings. The second-order valence-corrected chi connectivity index (χ2v) is 4.94. The summed E-state index contributed by atoms with van der Waals surface area (Å²) in [6.07, 6.45) is 9.26. The number of pyridine rings is 1. The molecule has 1 aromatic rings. The first-order valence-electron chi connectivity index (χ1n) is 6.41. The van der Waals surface area contributed by atoms with Crippen LogP contribution < -0.4 is 0 Å². The van der Waals surface area contributed by atoms with Crippen LogP contribution in [0.25, 0.3) is 0 Å². The van der Waals surface area contributed by atoms with Gasteiger partial charge in [-0.3, -0.25) is 9.88 Å². The molecule has 16 heavy (non-hydrogen) atoms. The lowest BCUT2D eigenvalue weighted by Crippen LogP contribution is -2.32. The first-order valence-corrected chi connectivity index (χ1v) is 6.41. The van der Waals surface area contributed by atoms with Crippen molar-refractivity contribution in [3.05, 3.63) is 30.1 Å². The van der Waals surface area contributed by atoms with E-state index in [0.717, 1.165) is 5.92 Å². The molecule has 1 aromatic heterocycles. The maximum absolute atomic E-state index is 4.09. The van der Waals surface area contributed by atoms with E-state index in [1.165, 1.54) is 37.8 Å². The van der Waals surface area contributed by atoms with Crippen molar-refractivity contribution in [3.63, 3.8) is 0 Å². The minimum Gasteiger partial charge on any atom is -0.299 e. The summed E-state index contributed by atoms with van der Waals surface area (Å²) in [7, 11) is 2.26. The minimum absolute atomic E-state index is 0.559. The Bertz CT molecular complexity index is 306. The van der Waals surface area contributed by atoms with Crippen LogP contribution >= 0.6 is 0 Å². The van der Waals surface area contributed by atoms with Crippen LogP contribution in [0.3, 0.4) is 0 Å². The Morgan fingerprint density at radius 1 is 1.38 bits per heavy atom. The fourth-order valence-electron chi connectivity index (χ4n) is 2.60. The zero-order valence-corrected chi connectivity index (χ0v) is 10.4. The SMILES string of the molecule is CCC(c1ccncc1)N(C)CC1CCC1. The van der Waals surface area contributed by atoms with Crippen LogP contribution in [0.15, 0.2) is 24.5 Å². The first-order chi connectivity index (χ1) is 7.81. The molecule has 0 amide bonds. The van der Waals surface area contributed by atoms with Crippen molar-refractivity contribution in [3.8, 4) is 0 Å². The summed E-state index contributed by atoms with van der Waals surface area (Å²) in [6, 6.07) is 4.85. The standard InChI is InChI=1S/C14H22N2/c1-3-14(13-7-9-15-10-8-13)16(2)11-12-5-4-6-12/h7-10,12,14H,3-6,11H2,1-2H3. The van der Waals surface area contributed by atoms with E-state index in [1.54, 1.807) is 0 Å². The lowest BCUT2D eigenvalue weighted by Gasteiger charge is -2.34. The normalized spacial score (nSPS) is 18.4. The van der Waals surface area contributed by atoms with Gasteiger partial charge >= 0.3 is 0 Å². The molecule has 0 aliphatic heterocycles. The largest absolute Gasteiger partial charge is 0.299 e. The van der Waals surface area contributed by atoms with E-state index in [1.807, 2.05) is 12.4 Å². The quantitative estimate of drug-likeness (QED) is 0.754. The van der Waals surface area contributed by atoms with Gasteiger partial charge in [-0.25, -0.2) is 0 Å². The molecule has 1 atom stereocenters. The van der Waals surface area contributed by atoms with Gasteiger partial charge in [-0.2, -0.15) is 0 Å². The van der Waals surface area contributed by atoms with Crippen LogP contribution in [0, 0.1) is 5.92 Å². The molecule has 1 aliphatic carbocycles. The van der Waals surface area contributed by atoms with Crippen LogP contribution in [0.1, 0.15) is 44.2 Å². The summed E-state index contributed by atoms with van der Waals surface area (Å²) in [5.74, 6) is 0.945. The third kappa shape index (κ3) is 2.62. The van der Waals surface area contributed by atoms with Gasteiger partial charge in [0.05, 0.1) is 0 Å². The van der Waals surface area contributed by atoms with Crippen LogP contribution in [0.2, 0.25) is 0 Å². The number of aromatic nitrogens is 1. The summed E-state index contributed by atoms with van der Waals surface area (Å²) in [4.78, 5) is 6.60. The monoisotopic (exact) mass is 218 g/mol. The van der Waals surface area contributed by atoms with E-state index in [4.69, 9.17) is 0 Å². The molecule has 2 heteroatoms. The Labute approximate surface area is 98.7 Å². The smallest absolute Gasteiger partial charge is 0.0343 e. The van der Waals surface area contributed by atoms with Crippen molar-refractivity contribution in [2.24, 2.45) is 5.92 Å². The van der Waals surface area contributed by atoms with Crippen LogP contribution in [-0.4, -0.2) is 23.5 Å². The van der Waals surface area contributed by atoms with Gasteiger partial charge in [0.2, 0.25) is 0 Å². The highest BCUT2D eigenvalue weighted by molar-refractivity contribution is 5.14. The van der Waals surface area contributed by atoms with Gasteiger partial charge in [0.1, 0.15) is 0 Å². The summed E-state index contributed by atoms with van der Waals surface area (Å²) in [6.45, 7) is 3.52. The van der Waals surface area contributed by atoms with Crippen LogP contribution in [-0.2, 0) is 0 Å². The Hall–Kier alpha value is -0.890. The third-order valence-corrected chi connectivity index (χ3v) is 3.78. The molecule has 0 radical (unpaired) electrons. The van der Waals surface area contributed by atoms with Gasteiger partial charge < -0.3 is 0 Å². The lowest BCUT2D eigenvalue weighted by molar-refractivity contribution is 0.159. The molecule has 1 heterocycles. The maximum atomic E-state index is 4.09. The van der Waals surface area contributed by atoms with Crippen LogP contribution in [0.4, 0.5) is 0 Å². The van der Waals surface area contributed by atoms with Gasteiger partial charge in [-0.1, -0.05) is 13.3 Å². The fraction of sp³-hybridized carbons (Fsp3) is 0.643. The predicted molar refractivity (Wildman–Crippen MR) is 67.2 cm³/mol. The second kappa shape index (κ2) is 5.44. The first kappa shape index (κ1) is 11.6. The van der Waals surface area contributed by atoms with Gasteiger partial charge in [-0.05, 0) is 49.9 Å². The van der Waals surface area contributed by atoms with Crippen molar-refractivity contribution < 1.29 is 0 Å². The minimum atomic E-state index is 0.559. The predicted octanol–water partition coefficient (Wildman–Crippen LogP) is 3.26. The summed E-state index contributed by atoms with van der Waals surface area (Å²) < 4.78 is 0. The highest BCUT2D eigenvalue weighted by atomic mass is 15.1. The maximum Gasteiger partial charge on any atom is 0.0343 e. The van der Waals surface area contributed by atoms with Crippen molar-refractivity contribution in [2.45, 2.75) is 38.6 Å². The molecule has 1 saturated carbocycles. The molecule has 1 unspecified atom stereocenters. The molecule has 0 N–H and O–H groups in total. The van der Waals surface area contributed by atoms with E-state index in [2.05, 4.69) is 36.0 Å². The molecule has 88 valence electrons. The number of rotatable bonds is 5. The van der Waals surface area contributed by atoms with E-state index in [-0.39, 0.29) is 0 Å². The Kier molecular flexibility index (Phi) is 3.94.